The van der Waals surface area contributed by atoms with Crippen LogP contribution in [0.15, 0.2) is 59.6 Å². The molecule has 1 aliphatic rings. The summed E-state index contributed by atoms with van der Waals surface area (Å²) >= 11 is 0. The van der Waals surface area contributed by atoms with E-state index in [-0.39, 0.29) is 29.9 Å². The van der Waals surface area contributed by atoms with Gasteiger partial charge in [0.2, 0.25) is 0 Å². The second kappa shape index (κ2) is 11.8. The van der Waals surface area contributed by atoms with Crippen molar-refractivity contribution in [3.8, 4) is 0 Å². The summed E-state index contributed by atoms with van der Waals surface area (Å²) in [6.45, 7) is 8.03. The summed E-state index contributed by atoms with van der Waals surface area (Å²) in [6, 6.07) is 18.4. The fourth-order valence-corrected chi connectivity index (χ4v) is 3.62. The highest BCUT2D eigenvalue weighted by atomic mass is 127. The van der Waals surface area contributed by atoms with E-state index >= 15 is 0 Å². The Morgan fingerprint density at radius 1 is 1.07 bits per heavy atom. The van der Waals surface area contributed by atoms with Gasteiger partial charge in [0.25, 0.3) is 5.91 Å². The topological polar surface area (TPSA) is 56.7 Å². The lowest BCUT2D eigenvalue weighted by atomic mass is 9.99. The summed E-state index contributed by atoms with van der Waals surface area (Å²) in [4.78, 5) is 19.2. The van der Waals surface area contributed by atoms with Gasteiger partial charge >= 0.3 is 0 Å². The van der Waals surface area contributed by atoms with E-state index in [0.717, 1.165) is 37.6 Å². The lowest BCUT2D eigenvalue weighted by Crippen LogP contribution is -2.40. The van der Waals surface area contributed by atoms with E-state index in [2.05, 4.69) is 52.8 Å². The molecule has 0 radical (unpaired) electrons. The highest BCUT2D eigenvalue weighted by Crippen LogP contribution is 2.27. The zero-order chi connectivity index (χ0) is 19.8. The van der Waals surface area contributed by atoms with Gasteiger partial charge in [0.15, 0.2) is 5.96 Å². The number of carbonyl (C=O) groups excluding carboxylic acids is 1. The molecular weight excluding hydrogens is 475 g/mol. The minimum absolute atomic E-state index is 0. The van der Waals surface area contributed by atoms with Crippen LogP contribution >= 0.6 is 24.0 Å². The Bertz CT molecular complexity index is 810. The van der Waals surface area contributed by atoms with Crippen LogP contribution in [0.1, 0.15) is 47.7 Å². The van der Waals surface area contributed by atoms with E-state index in [1.165, 1.54) is 5.56 Å². The molecule has 1 atom stereocenters. The van der Waals surface area contributed by atoms with E-state index in [1.54, 1.807) is 0 Å². The number of halogens is 1. The number of hydrogen-bond donors (Lipinski definition) is 2. The number of carbonyl (C=O) groups is 1. The van der Waals surface area contributed by atoms with Gasteiger partial charge in [-0.3, -0.25) is 4.79 Å². The lowest BCUT2D eigenvalue weighted by Gasteiger charge is -2.22. The Hall–Kier alpha value is -2.09. The number of nitrogens with zero attached hydrogens (tertiary/aromatic N) is 2. The first-order chi connectivity index (χ1) is 13.7. The number of rotatable bonds is 6. The quantitative estimate of drug-likeness (QED) is 0.354. The average molecular weight is 506 g/mol. The van der Waals surface area contributed by atoms with Crippen LogP contribution in [0.4, 0.5) is 0 Å². The van der Waals surface area contributed by atoms with Gasteiger partial charge in [0, 0.05) is 37.7 Å². The smallest absolute Gasteiger partial charge is 0.251 e. The zero-order valence-corrected chi connectivity index (χ0v) is 19.6. The zero-order valence-electron chi connectivity index (χ0n) is 17.2. The molecule has 1 heterocycles. The first kappa shape index (κ1) is 23.2. The number of benzene rings is 2. The molecule has 1 aliphatic heterocycles. The average Bonchev–Trinajstić information content (AvgIpc) is 3.22. The number of likely N-dealkylation sites (tertiary alicyclic amines) is 1. The third-order valence-electron chi connectivity index (χ3n) is 5.03. The van der Waals surface area contributed by atoms with Crippen molar-refractivity contribution in [2.45, 2.75) is 32.7 Å². The van der Waals surface area contributed by atoms with Crippen LogP contribution in [-0.4, -0.2) is 42.9 Å². The summed E-state index contributed by atoms with van der Waals surface area (Å²) < 4.78 is 0. The number of hydrogen-bond acceptors (Lipinski definition) is 2. The molecule has 0 bridgehead atoms. The van der Waals surface area contributed by atoms with E-state index in [0.29, 0.717) is 24.6 Å². The Labute approximate surface area is 191 Å². The molecule has 0 saturated carbocycles. The predicted molar refractivity (Wildman–Crippen MR) is 130 cm³/mol. The molecular formula is C23H31IN4O. The first-order valence-electron chi connectivity index (χ1n) is 10.2. The molecule has 2 aromatic carbocycles. The summed E-state index contributed by atoms with van der Waals surface area (Å²) in [5.74, 6) is 1.46. The Kier molecular flexibility index (Phi) is 9.44. The van der Waals surface area contributed by atoms with Crippen LogP contribution in [0.25, 0.3) is 0 Å². The molecule has 0 aromatic heterocycles. The molecule has 156 valence electrons. The minimum Gasteiger partial charge on any atom is -0.357 e. The summed E-state index contributed by atoms with van der Waals surface area (Å²) in [7, 11) is 0. The van der Waals surface area contributed by atoms with Crippen LogP contribution in [0, 0.1) is 0 Å². The maximum absolute atomic E-state index is 12.0. The van der Waals surface area contributed by atoms with Crippen molar-refractivity contribution in [3.05, 3.63) is 71.3 Å². The second-order valence-electron chi connectivity index (χ2n) is 7.07. The fourth-order valence-electron chi connectivity index (χ4n) is 3.62. The molecule has 29 heavy (non-hydrogen) atoms. The van der Waals surface area contributed by atoms with Gasteiger partial charge in [-0.05, 0) is 43.5 Å². The Morgan fingerprint density at radius 2 is 1.83 bits per heavy atom. The van der Waals surface area contributed by atoms with Gasteiger partial charge < -0.3 is 15.5 Å². The second-order valence-corrected chi connectivity index (χ2v) is 7.07. The number of aliphatic imine (C=N–C) groups is 1. The SMILES string of the molecule is CCNC(=O)c1cccc(CN=C(NCC)N2CCC(c3ccccc3)C2)c1.I. The number of nitrogens with one attached hydrogen (secondary N) is 2. The predicted octanol–water partition coefficient (Wildman–Crippen LogP) is 4.01. The van der Waals surface area contributed by atoms with E-state index in [9.17, 15) is 4.79 Å². The van der Waals surface area contributed by atoms with Crippen LogP contribution in [0.2, 0.25) is 0 Å². The van der Waals surface area contributed by atoms with Crippen LogP contribution in [0.5, 0.6) is 0 Å². The molecule has 3 rings (SSSR count). The van der Waals surface area contributed by atoms with Crippen molar-refractivity contribution < 1.29 is 4.79 Å². The molecule has 2 N–H and O–H groups in total. The molecule has 1 unspecified atom stereocenters. The largest absolute Gasteiger partial charge is 0.357 e. The van der Waals surface area contributed by atoms with Gasteiger partial charge in [-0.25, -0.2) is 4.99 Å². The molecule has 1 fully saturated rings. The molecule has 6 heteroatoms. The van der Waals surface area contributed by atoms with E-state index in [4.69, 9.17) is 4.99 Å². The molecule has 2 aromatic rings. The third kappa shape index (κ3) is 6.45. The van der Waals surface area contributed by atoms with Crippen molar-refractivity contribution in [1.82, 2.24) is 15.5 Å². The highest BCUT2D eigenvalue weighted by Gasteiger charge is 2.25. The minimum atomic E-state index is -0.0366. The number of amides is 1. The molecule has 0 aliphatic carbocycles. The molecule has 0 spiro atoms. The number of guanidine groups is 1. The first-order valence-corrected chi connectivity index (χ1v) is 10.2. The maximum Gasteiger partial charge on any atom is 0.251 e. The van der Waals surface area contributed by atoms with Gasteiger partial charge in [0.05, 0.1) is 6.54 Å². The fraction of sp³-hybridized carbons (Fsp3) is 0.391. The standard InChI is InChI=1S/C23H30N4O.HI/c1-3-24-22(28)20-12-8-9-18(15-20)16-26-23(25-4-2)27-14-13-21(17-27)19-10-6-5-7-11-19;/h5-12,15,21H,3-4,13-14,16-17H2,1-2H3,(H,24,28)(H,25,26);1H. The molecule has 1 amide bonds. The third-order valence-corrected chi connectivity index (χ3v) is 5.03. The van der Waals surface area contributed by atoms with Gasteiger partial charge in [-0.1, -0.05) is 42.5 Å². The van der Waals surface area contributed by atoms with Gasteiger partial charge in [-0.15, -0.1) is 24.0 Å². The van der Waals surface area contributed by atoms with Crippen LogP contribution in [0.3, 0.4) is 0 Å². The van der Waals surface area contributed by atoms with Gasteiger partial charge in [-0.2, -0.15) is 0 Å². The normalized spacial score (nSPS) is 16.3. The van der Waals surface area contributed by atoms with E-state index in [1.807, 2.05) is 31.2 Å². The monoisotopic (exact) mass is 506 g/mol. The Balaban J connectivity index is 0.00000300. The highest BCUT2D eigenvalue weighted by molar-refractivity contribution is 14.0. The van der Waals surface area contributed by atoms with E-state index < -0.39 is 0 Å². The summed E-state index contributed by atoms with van der Waals surface area (Å²) in [6.07, 6.45) is 1.14. The summed E-state index contributed by atoms with van der Waals surface area (Å²) in [5, 5.41) is 6.27. The molecule has 1 saturated heterocycles. The van der Waals surface area contributed by atoms with Crippen molar-refractivity contribution >= 4 is 35.8 Å². The van der Waals surface area contributed by atoms with Crippen molar-refractivity contribution in [3.63, 3.8) is 0 Å². The van der Waals surface area contributed by atoms with Crippen molar-refractivity contribution in [2.75, 3.05) is 26.2 Å². The Morgan fingerprint density at radius 3 is 2.55 bits per heavy atom. The lowest BCUT2D eigenvalue weighted by molar-refractivity contribution is 0.0955. The van der Waals surface area contributed by atoms with Gasteiger partial charge in [0.1, 0.15) is 0 Å². The maximum atomic E-state index is 12.0. The van der Waals surface area contributed by atoms with Crippen molar-refractivity contribution in [2.24, 2.45) is 4.99 Å². The van der Waals surface area contributed by atoms with Crippen LogP contribution < -0.4 is 10.6 Å². The van der Waals surface area contributed by atoms with Crippen LogP contribution in [-0.2, 0) is 6.54 Å². The van der Waals surface area contributed by atoms with Crippen molar-refractivity contribution in [1.29, 1.82) is 0 Å². The summed E-state index contributed by atoms with van der Waals surface area (Å²) in [5.41, 5.74) is 3.12. The molecule has 5 nitrogen and oxygen atoms in total.